The van der Waals surface area contributed by atoms with Crippen molar-refractivity contribution < 1.29 is 33.0 Å². The number of esters is 2. The quantitative estimate of drug-likeness (QED) is 0.399. The molecule has 1 aliphatic carbocycles. The minimum absolute atomic E-state index is 0.0923. The summed E-state index contributed by atoms with van der Waals surface area (Å²) in [5.41, 5.74) is 1.93. The number of rotatable bonds is 7. The number of allylic oxidation sites excluding steroid dienone is 3. The van der Waals surface area contributed by atoms with Crippen LogP contribution in [-0.2, 0) is 28.6 Å². The van der Waals surface area contributed by atoms with Crippen molar-refractivity contribution >= 4 is 17.7 Å². The second-order valence-electron chi connectivity index (χ2n) is 7.82. The molecular weight excluding hydrogens is 402 g/mol. The third-order valence-corrected chi connectivity index (χ3v) is 5.67. The number of hydrogen-bond donors (Lipinski definition) is 1. The molecular formula is C23H29NO7. The maximum atomic E-state index is 13.5. The SMILES string of the molecule is CCOCCOC(=O)C1=C(C)NC2=C(C(=O)C(C(=O)OC)C(C)C2)C1c1ccc(C)o1. The minimum Gasteiger partial charge on any atom is -0.468 e. The Morgan fingerprint density at radius 3 is 2.58 bits per heavy atom. The molecule has 0 saturated carbocycles. The van der Waals surface area contributed by atoms with Gasteiger partial charge in [-0.05, 0) is 45.2 Å². The van der Waals surface area contributed by atoms with Crippen molar-refractivity contribution in [2.24, 2.45) is 11.8 Å². The van der Waals surface area contributed by atoms with Crippen LogP contribution in [0.2, 0.25) is 0 Å². The molecule has 168 valence electrons. The van der Waals surface area contributed by atoms with E-state index in [-0.39, 0.29) is 30.5 Å². The number of ketones is 1. The molecule has 31 heavy (non-hydrogen) atoms. The molecule has 0 saturated heterocycles. The summed E-state index contributed by atoms with van der Waals surface area (Å²) in [5.74, 6) is -2.33. The molecule has 8 heteroatoms. The van der Waals surface area contributed by atoms with Gasteiger partial charge in [0.25, 0.3) is 0 Å². The van der Waals surface area contributed by atoms with Crippen molar-refractivity contribution in [3.8, 4) is 0 Å². The summed E-state index contributed by atoms with van der Waals surface area (Å²) in [6.45, 7) is 8.15. The molecule has 0 fully saturated rings. The van der Waals surface area contributed by atoms with Crippen LogP contribution in [0, 0.1) is 18.8 Å². The largest absolute Gasteiger partial charge is 0.468 e. The molecule has 3 atom stereocenters. The Morgan fingerprint density at radius 1 is 1.23 bits per heavy atom. The Kier molecular flexibility index (Phi) is 7.00. The topological polar surface area (TPSA) is 104 Å². The zero-order chi connectivity index (χ0) is 22.7. The number of furan rings is 1. The van der Waals surface area contributed by atoms with Gasteiger partial charge in [-0.2, -0.15) is 0 Å². The van der Waals surface area contributed by atoms with E-state index in [4.69, 9.17) is 18.6 Å². The number of dihydropyridines is 1. The van der Waals surface area contributed by atoms with Gasteiger partial charge in [0.1, 0.15) is 24.0 Å². The second-order valence-corrected chi connectivity index (χ2v) is 7.82. The van der Waals surface area contributed by atoms with Crippen LogP contribution in [0.3, 0.4) is 0 Å². The number of nitrogens with one attached hydrogen (secondary N) is 1. The van der Waals surface area contributed by atoms with Crippen molar-refractivity contribution in [3.63, 3.8) is 0 Å². The monoisotopic (exact) mass is 431 g/mol. The van der Waals surface area contributed by atoms with Crippen LogP contribution in [0.15, 0.2) is 39.1 Å². The lowest BCUT2D eigenvalue weighted by atomic mass is 9.70. The molecule has 2 heterocycles. The van der Waals surface area contributed by atoms with Gasteiger partial charge in [0, 0.05) is 23.6 Å². The highest BCUT2D eigenvalue weighted by molar-refractivity contribution is 6.12. The summed E-state index contributed by atoms with van der Waals surface area (Å²) in [6.07, 6.45) is 0.473. The van der Waals surface area contributed by atoms with Crippen LogP contribution in [0.1, 0.15) is 44.6 Å². The normalized spacial score (nSPS) is 23.4. The number of Topliss-reactive ketones (excluding diaryl/α,β-unsaturated/α-hetero) is 1. The first kappa shape index (κ1) is 22.8. The summed E-state index contributed by atoms with van der Waals surface area (Å²) in [5, 5.41) is 3.21. The molecule has 1 aliphatic heterocycles. The van der Waals surface area contributed by atoms with Gasteiger partial charge in [0.15, 0.2) is 5.78 Å². The molecule has 3 unspecified atom stereocenters. The standard InChI is InChI=1S/C23H29NO7/c1-6-29-9-10-30-23(27)18-14(4)24-15-11-12(2)17(22(26)28-5)21(25)19(15)20(18)16-8-7-13(3)31-16/h7-8,12,17,20,24H,6,9-11H2,1-5H3. The molecule has 0 bridgehead atoms. The average molecular weight is 431 g/mol. The van der Waals surface area contributed by atoms with E-state index in [0.29, 0.717) is 41.5 Å². The lowest BCUT2D eigenvalue weighted by molar-refractivity contribution is -0.151. The highest BCUT2D eigenvalue weighted by atomic mass is 16.6. The Hall–Kier alpha value is -2.87. The van der Waals surface area contributed by atoms with Crippen LogP contribution < -0.4 is 5.32 Å². The van der Waals surface area contributed by atoms with Crippen LogP contribution in [0.25, 0.3) is 0 Å². The first-order valence-corrected chi connectivity index (χ1v) is 10.4. The highest BCUT2D eigenvalue weighted by Gasteiger charge is 2.48. The van der Waals surface area contributed by atoms with E-state index >= 15 is 0 Å². The second kappa shape index (κ2) is 9.51. The number of aryl methyl sites for hydroxylation is 1. The van der Waals surface area contributed by atoms with Gasteiger partial charge in [-0.25, -0.2) is 4.79 Å². The fourth-order valence-corrected chi connectivity index (χ4v) is 4.26. The van der Waals surface area contributed by atoms with Gasteiger partial charge in [0.2, 0.25) is 0 Å². The lowest BCUT2D eigenvalue weighted by Gasteiger charge is -2.37. The van der Waals surface area contributed by atoms with Crippen LogP contribution in [-0.4, -0.2) is 44.7 Å². The maximum Gasteiger partial charge on any atom is 0.336 e. The number of ether oxygens (including phenoxy) is 3. The Morgan fingerprint density at radius 2 is 1.97 bits per heavy atom. The van der Waals surface area contributed by atoms with Gasteiger partial charge in [0.05, 0.1) is 25.2 Å². The molecule has 3 rings (SSSR count). The summed E-state index contributed by atoms with van der Waals surface area (Å²) in [4.78, 5) is 38.9. The fraction of sp³-hybridized carbons (Fsp3) is 0.522. The molecule has 0 spiro atoms. The first-order valence-electron chi connectivity index (χ1n) is 10.4. The predicted octanol–water partition coefficient (Wildman–Crippen LogP) is 2.78. The Labute approximate surface area is 181 Å². The smallest absolute Gasteiger partial charge is 0.336 e. The van der Waals surface area contributed by atoms with E-state index < -0.39 is 23.8 Å². The zero-order valence-electron chi connectivity index (χ0n) is 18.6. The third-order valence-electron chi connectivity index (χ3n) is 5.67. The van der Waals surface area contributed by atoms with Gasteiger partial charge in [-0.1, -0.05) is 6.92 Å². The van der Waals surface area contributed by atoms with Gasteiger partial charge in [-0.3, -0.25) is 9.59 Å². The lowest BCUT2D eigenvalue weighted by Crippen LogP contribution is -2.43. The van der Waals surface area contributed by atoms with E-state index in [1.807, 2.05) is 13.8 Å². The van der Waals surface area contributed by atoms with Crippen LogP contribution >= 0.6 is 0 Å². The van der Waals surface area contributed by atoms with Gasteiger partial charge in [-0.15, -0.1) is 0 Å². The van der Waals surface area contributed by atoms with Crippen molar-refractivity contribution in [1.29, 1.82) is 0 Å². The molecule has 0 aromatic carbocycles. The van der Waals surface area contributed by atoms with Gasteiger partial charge >= 0.3 is 11.9 Å². The fourth-order valence-electron chi connectivity index (χ4n) is 4.26. The Bertz CT molecular complexity index is 939. The van der Waals surface area contributed by atoms with E-state index in [1.54, 1.807) is 26.0 Å². The van der Waals surface area contributed by atoms with Crippen molar-refractivity contribution in [3.05, 3.63) is 46.2 Å². The summed E-state index contributed by atoms with van der Waals surface area (Å²) in [7, 11) is 1.27. The van der Waals surface area contributed by atoms with Crippen molar-refractivity contribution in [1.82, 2.24) is 5.32 Å². The molecule has 1 aromatic rings. The molecule has 1 aromatic heterocycles. The predicted molar refractivity (Wildman–Crippen MR) is 111 cm³/mol. The highest BCUT2D eigenvalue weighted by Crippen LogP contribution is 2.45. The number of hydrogen-bond acceptors (Lipinski definition) is 8. The van der Waals surface area contributed by atoms with Crippen LogP contribution in [0.4, 0.5) is 0 Å². The summed E-state index contributed by atoms with van der Waals surface area (Å²) >= 11 is 0. The van der Waals surface area contributed by atoms with E-state index in [1.165, 1.54) is 7.11 Å². The number of methoxy groups -OCH3 is 1. The molecule has 0 amide bonds. The molecule has 0 radical (unpaired) electrons. The molecule has 2 aliphatic rings. The van der Waals surface area contributed by atoms with E-state index in [2.05, 4.69) is 5.32 Å². The van der Waals surface area contributed by atoms with Gasteiger partial charge < -0.3 is 23.9 Å². The van der Waals surface area contributed by atoms with E-state index in [0.717, 1.165) is 0 Å². The summed E-state index contributed by atoms with van der Waals surface area (Å²) in [6, 6.07) is 3.52. The molecule has 1 N–H and O–H groups in total. The van der Waals surface area contributed by atoms with Crippen LogP contribution in [0.5, 0.6) is 0 Å². The summed E-state index contributed by atoms with van der Waals surface area (Å²) < 4.78 is 21.4. The van der Waals surface area contributed by atoms with Crippen molar-refractivity contribution in [2.75, 3.05) is 26.9 Å². The average Bonchev–Trinajstić information content (AvgIpc) is 3.15. The maximum absolute atomic E-state index is 13.5. The number of carbonyl (C=O) groups excluding carboxylic acids is 3. The Balaban J connectivity index is 2.03. The third kappa shape index (κ3) is 4.44. The molecule has 8 nitrogen and oxygen atoms in total. The zero-order valence-corrected chi connectivity index (χ0v) is 18.6. The number of carbonyl (C=O) groups is 3. The van der Waals surface area contributed by atoms with E-state index in [9.17, 15) is 14.4 Å². The van der Waals surface area contributed by atoms with Crippen molar-refractivity contribution in [2.45, 2.75) is 40.0 Å². The minimum atomic E-state index is -0.933. The first-order chi connectivity index (χ1) is 14.8.